The van der Waals surface area contributed by atoms with Crippen LogP contribution < -0.4 is 5.73 Å². The molecular weight excluding hydrogens is 242 g/mol. The molecule has 0 saturated carbocycles. The Kier molecular flexibility index (Phi) is 5.18. The van der Waals surface area contributed by atoms with Crippen molar-refractivity contribution < 1.29 is 9.90 Å². The summed E-state index contributed by atoms with van der Waals surface area (Å²) in [5, 5.41) is 9.10. The number of halogens is 1. The predicted octanol–water partition coefficient (Wildman–Crippen LogP) is 1.16. The average Bonchev–Trinajstić information content (AvgIpc) is 2.26. The van der Waals surface area contributed by atoms with Gasteiger partial charge in [-0.2, -0.15) is 0 Å². The van der Waals surface area contributed by atoms with Crippen molar-refractivity contribution in [3.63, 3.8) is 0 Å². The first-order valence-corrected chi connectivity index (χ1v) is 5.79. The van der Waals surface area contributed by atoms with Crippen LogP contribution in [-0.2, 0) is 0 Å². The molecule has 0 aliphatic rings. The van der Waals surface area contributed by atoms with Crippen molar-refractivity contribution in [3.8, 4) is 0 Å². The highest BCUT2D eigenvalue weighted by molar-refractivity contribution is 6.29. The summed E-state index contributed by atoms with van der Waals surface area (Å²) in [5.41, 5.74) is 5.92. The second-order valence-corrected chi connectivity index (χ2v) is 4.01. The van der Waals surface area contributed by atoms with E-state index in [1.54, 1.807) is 4.90 Å². The number of carbonyl (C=O) groups excluding carboxylic acids is 1. The second kappa shape index (κ2) is 6.42. The maximum absolute atomic E-state index is 12.1. The minimum Gasteiger partial charge on any atom is -0.395 e. The molecule has 5 nitrogen and oxygen atoms in total. The van der Waals surface area contributed by atoms with Gasteiger partial charge in [-0.25, -0.2) is 4.98 Å². The summed E-state index contributed by atoms with van der Waals surface area (Å²) in [6.07, 6.45) is 0.819. The van der Waals surface area contributed by atoms with E-state index < -0.39 is 0 Å². The summed E-state index contributed by atoms with van der Waals surface area (Å²) < 4.78 is 0. The van der Waals surface area contributed by atoms with Crippen LogP contribution in [0, 0.1) is 0 Å². The van der Waals surface area contributed by atoms with Gasteiger partial charge in [-0.1, -0.05) is 18.5 Å². The highest BCUT2D eigenvalue weighted by Gasteiger charge is 2.15. The Bertz CT molecular complexity index is 372. The summed E-state index contributed by atoms with van der Waals surface area (Å²) in [4.78, 5) is 17.5. The molecule has 0 aromatic carbocycles. The lowest BCUT2D eigenvalue weighted by atomic mass is 10.2. The third-order valence-corrected chi connectivity index (χ3v) is 2.41. The Morgan fingerprint density at radius 1 is 1.53 bits per heavy atom. The number of hydrogen-bond donors (Lipinski definition) is 2. The highest BCUT2D eigenvalue weighted by atomic mass is 35.5. The maximum Gasteiger partial charge on any atom is 0.254 e. The molecule has 1 aromatic heterocycles. The molecule has 17 heavy (non-hydrogen) atoms. The number of aliphatic hydroxyl groups excluding tert-OH is 1. The van der Waals surface area contributed by atoms with E-state index in [0.717, 1.165) is 6.42 Å². The van der Waals surface area contributed by atoms with Gasteiger partial charge >= 0.3 is 0 Å². The molecule has 3 N–H and O–H groups in total. The number of aromatic nitrogens is 1. The SMILES string of the molecule is CCCN(CCO)C(=O)c1cc(N)nc(Cl)c1. The number of anilines is 1. The monoisotopic (exact) mass is 257 g/mol. The first-order valence-electron chi connectivity index (χ1n) is 5.41. The molecule has 0 radical (unpaired) electrons. The molecule has 94 valence electrons. The Morgan fingerprint density at radius 2 is 2.24 bits per heavy atom. The molecule has 0 atom stereocenters. The zero-order chi connectivity index (χ0) is 12.8. The number of rotatable bonds is 5. The van der Waals surface area contributed by atoms with Gasteiger partial charge in [0.1, 0.15) is 11.0 Å². The van der Waals surface area contributed by atoms with E-state index in [-0.39, 0.29) is 23.5 Å². The van der Waals surface area contributed by atoms with Gasteiger partial charge in [0.2, 0.25) is 0 Å². The van der Waals surface area contributed by atoms with Crippen LogP contribution in [0.3, 0.4) is 0 Å². The van der Waals surface area contributed by atoms with Crippen molar-refractivity contribution in [1.29, 1.82) is 0 Å². The van der Waals surface area contributed by atoms with E-state index in [2.05, 4.69) is 4.98 Å². The average molecular weight is 258 g/mol. The van der Waals surface area contributed by atoms with E-state index >= 15 is 0 Å². The zero-order valence-electron chi connectivity index (χ0n) is 9.69. The van der Waals surface area contributed by atoms with Gasteiger partial charge in [-0.3, -0.25) is 4.79 Å². The fourth-order valence-corrected chi connectivity index (χ4v) is 1.74. The minimum atomic E-state index is -0.197. The number of hydrogen-bond acceptors (Lipinski definition) is 4. The minimum absolute atomic E-state index is 0.0694. The van der Waals surface area contributed by atoms with E-state index in [4.69, 9.17) is 22.4 Å². The fraction of sp³-hybridized carbons (Fsp3) is 0.455. The Hall–Kier alpha value is -1.33. The quantitative estimate of drug-likeness (QED) is 0.776. The van der Waals surface area contributed by atoms with Crippen molar-refractivity contribution in [2.45, 2.75) is 13.3 Å². The van der Waals surface area contributed by atoms with Crippen molar-refractivity contribution >= 4 is 23.3 Å². The smallest absolute Gasteiger partial charge is 0.254 e. The van der Waals surface area contributed by atoms with Crippen LogP contribution in [0.2, 0.25) is 5.15 Å². The molecule has 0 unspecified atom stereocenters. The molecule has 0 aliphatic heterocycles. The molecule has 0 spiro atoms. The highest BCUT2D eigenvalue weighted by Crippen LogP contribution is 2.14. The molecule has 1 heterocycles. The Balaban J connectivity index is 2.92. The lowest BCUT2D eigenvalue weighted by Gasteiger charge is -2.21. The van der Waals surface area contributed by atoms with Crippen LogP contribution in [0.1, 0.15) is 23.7 Å². The number of pyridine rings is 1. The number of nitrogen functional groups attached to an aromatic ring is 1. The number of aliphatic hydroxyl groups is 1. The zero-order valence-corrected chi connectivity index (χ0v) is 10.4. The first-order chi connectivity index (χ1) is 8.08. The van der Waals surface area contributed by atoms with Crippen molar-refractivity contribution in [2.24, 2.45) is 0 Å². The fourth-order valence-electron chi connectivity index (χ4n) is 1.53. The maximum atomic E-state index is 12.1. The number of nitrogens with two attached hydrogens (primary N) is 1. The molecule has 0 bridgehead atoms. The van der Waals surface area contributed by atoms with Gasteiger partial charge in [-0.15, -0.1) is 0 Å². The van der Waals surface area contributed by atoms with E-state index in [1.807, 2.05) is 6.92 Å². The van der Waals surface area contributed by atoms with E-state index in [1.165, 1.54) is 12.1 Å². The lowest BCUT2D eigenvalue weighted by Crippen LogP contribution is -2.34. The Morgan fingerprint density at radius 3 is 2.76 bits per heavy atom. The van der Waals surface area contributed by atoms with Crippen LogP contribution in [0.25, 0.3) is 0 Å². The van der Waals surface area contributed by atoms with E-state index in [9.17, 15) is 4.79 Å². The molecule has 0 aliphatic carbocycles. The van der Waals surface area contributed by atoms with Gasteiger partial charge in [0.05, 0.1) is 6.61 Å². The van der Waals surface area contributed by atoms with Gasteiger partial charge < -0.3 is 15.7 Å². The van der Waals surface area contributed by atoms with E-state index in [0.29, 0.717) is 18.7 Å². The van der Waals surface area contributed by atoms with Crippen LogP contribution in [-0.4, -0.2) is 40.6 Å². The number of amides is 1. The van der Waals surface area contributed by atoms with Crippen LogP contribution in [0.15, 0.2) is 12.1 Å². The standard InChI is InChI=1S/C11H16ClN3O2/c1-2-3-15(4-5-16)11(17)8-6-9(12)14-10(13)7-8/h6-7,16H,2-5H2,1H3,(H2,13,14). The summed E-state index contributed by atoms with van der Waals surface area (Å²) in [6.45, 7) is 2.78. The number of carbonyl (C=O) groups is 1. The number of nitrogens with zero attached hydrogens (tertiary/aromatic N) is 2. The molecular formula is C11H16ClN3O2. The summed E-state index contributed by atoms with van der Waals surface area (Å²) in [5.74, 6) is 0.0122. The third-order valence-electron chi connectivity index (χ3n) is 2.21. The molecule has 1 amide bonds. The molecule has 6 heteroatoms. The first kappa shape index (κ1) is 13.7. The van der Waals surface area contributed by atoms with Crippen molar-refractivity contribution in [3.05, 3.63) is 22.8 Å². The van der Waals surface area contributed by atoms with Gasteiger partial charge in [0.15, 0.2) is 0 Å². The van der Waals surface area contributed by atoms with Gasteiger partial charge in [-0.05, 0) is 18.6 Å². The largest absolute Gasteiger partial charge is 0.395 e. The van der Waals surface area contributed by atoms with Crippen molar-refractivity contribution in [1.82, 2.24) is 9.88 Å². The lowest BCUT2D eigenvalue weighted by molar-refractivity contribution is 0.0722. The third kappa shape index (κ3) is 3.87. The molecule has 0 saturated heterocycles. The normalized spacial score (nSPS) is 10.3. The second-order valence-electron chi connectivity index (χ2n) is 3.62. The molecule has 0 fully saturated rings. The van der Waals surface area contributed by atoms with Gasteiger partial charge in [0.25, 0.3) is 5.91 Å². The molecule has 1 aromatic rings. The topological polar surface area (TPSA) is 79.5 Å². The summed E-state index contributed by atoms with van der Waals surface area (Å²) in [6, 6.07) is 2.95. The van der Waals surface area contributed by atoms with Gasteiger partial charge in [0, 0.05) is 18.7 Å². The van der Waals surface area contributed by atoms with Crippen LogP contribution in [0.5, 0.6) is 0 Å². The van der Waals surface area contributed by atoms with Crippen molar-refractivity contribution in [2.75, 3.05) is 25.4 Å². The summed E-state index contributed by atoms with van der Waals surface area (Å²) in [7, 11) is 0. The van der Waals surface area contributed by atoms with Crippen LogP contribution >= 0.6 is 11.6 Å². The predicted molar refractivity (Wildman–Crippen MR) is 66.9 cm³/mol. The van der Waals surface area contributed by atoms with Crippen LogP contribution in [0.4, 0.5) is 5.82 Å². The summed E-state index contributed by atoms with van der Waals surface area (Å²) >= 11 is 5.74. The Labute approximate surface area is 105 Å². The molecule has 1 rings (SSSR count).